The molecule has 0 bridgehead atoms. The van der Waals surface area contributed by atoms with Gasteiger partial charge in [0.2, 0.25) is 0 Å². The van der Waals surface area contributed by atoms with Gasteiger partial charge in [-0.05, 0) is 50.4 Å². The van der Waals surface area contributed by atoms with Crippen molar-refractivity contribution in [2.45, 2.75) is 37.8 Å². The predicted molar refractivity (Wildman–Crippen MR) is 84.2 cm³/mol. The maximum atomic E-state index is 12.8. The molecule has 5 heteroatoms. The van der Waals surface area contributed by atoms with E-state index in [-0.39, 0.29) is 5.91 Å². The van der Waals surface area contributed by atoms with Crippen LogP contribution in [0.2, 0.25) is 5.02 Å². The summed E-state index contributed by atoms with van der Waals surface area (Å²) < 4.78 is 0.889. The van der Waals surface area contributed by atoms with Crippen LogP contribution in [0.15, 0.2) is 22.7 Å². The smallest absolute Gasteiger partial charge is 0.255 e. The van der Waals surface area contributed by atoms with E-state index in [4.69, 9.17) is 11.6 Å². The first kappa shape index (κ1) is 14.4. The van der Waals surface area contributed by atoms with Crippen molar-refractivity contribution < 1.29 is 4.79 Å². The molecule has 2 aliphatic rings. The van der Waals surface area contributed by atoms with Crippen LogP contribution in [0, 0.1) is 0 Å². The first-order chi connectivity index (χ1) is 9.66. The molecule has 0 aliphatic carbocycles. The van der Waals surface area contributed by atoms with E-state index < -0.39 is 0 Å². The Morgan fingerprint density at radius 3 is 2.95 bits per heavy atom. The zero-order valence-electron chi connectivity index (χ0n) is 11.2. The fraction of sp³-hybridized carbons (Fsp3) is 0.533. The first-order valence-electron chi connectivity index (χ1n) is 7.16. The molecule has 2 saturated heterocycles. The molecule has 3 rings (SSSR count). The lowest BCUT2D eigenvalue weighted by molar-refractivity contribution is 0.0711. The van der Waals surface area contributed by atoms with Crippen LogP contribution in [0.5, 0.6) is 0 Å². The van der Waals surface area contributed by atoms with E-state index in [9.17, 15) is 4.79 Å². The number of hydrogen-bond acceptors (Lipinski definition) is 2. The number of rotatable bonds is 2. The predicted octanol–water partition coefficient (Wildman–Crippen LogP) is 3.46. The largest absolute Gasteiger partial charge is 0.334 e. The van der Waals surface area contributed by atoms with E-state index in [1.54, 1.807) is 6.07 Å². The Hall–Kier alpha value is -0.580. The number of benzene rings is 1. The van der Waals surface area contributed by atoms with Crippen LogP contribution in [0.25, 0.3) is 0 Å². The van der Waals surface area contributed by atoms with Gasteiger partial charge in [-0.1, -0.05) is 27.5 Å². The summed E-state index contributed by atoms with van der Waals surface area (Å²) in [6.07, 6.45) is 4.55. The lowest BCUT2D eigenvalue weighted by atomic mass is 10.0. The van der Waals surface area contributed by atoms with Gasteiger partial charge in [0, 0.05) is 23.1 Å². The Morgan fingerprint density at radius 1 is 1.35 bits per heavy atom. The molecule has 2 fully saturated rings. The highest BCUT2D eigenvalue weighted by Crippen LogP contribution is 2.29. The van der Waals surface area contributed by atoms with E-state index in [1.807, 2.05) is 17.0 Å². The van der Waals surface area contributed by atoms with Crippen LogP contribution in [0.1, 0.15) is 36.0 Å². The fourth-order valence-corrected chi connectivity index (χ4v) is 3.88. The second-order valence-corrected chi connectivity index (χ2v) is 6.86. The molecule has 2 heterocycles. The van der Waals surface area contributed by atoms with Gasteiger partial charge in [-0.25, -0.2) is 0 Å². The van der Waals surface area contributed by atoms with Crippen molar-refractivity contribution >= 4 is 33.4 Å². The Balaban J connectivity index is 1.83. The molecule has 0 radical (unpaired) electrons. The molecule has 3 nitrogen and oxygen atoms in total. The third kappa shape index (κ3) is 2.74. The second kappa shape index (κ2) is 6.04. The summed E-state index contributed by atoms with van der Waals surface area (Å²) in [5, 5.41) is 4.06. The second-order valence-electron chi connectivity index (χ2n) is 5.54. The SMILES string of the molecule is O=C(c1cc(Br)ccc1Cl)N1CCCC1C1CCCN1. The van der Waals surface area contributed by atoms with Gasteiger partial charge in [-0.15, -0.1) is 0 Å². The monoisotopic (exact) mass is 356 g/mol. The molecule has 0 saturated carbocycles. The summed E-state index contributed by atoms with van der Waals surface area (Å²) in [4.78, 5) is 14.8. The Kier molecular flexibility index (Phi) is 4.34. The Labute approximate surface area is 132 Å². The molecule has 108 valence electrons. The number of nitrogens with zero attached hydrogens (tertiary/aromatic N) is 1. The van der Waals surface area contributed by atoms with Crippen LogP contribution < -0.4 is 5.32 Å². The van der Waals surface area contributed by atoms with E-state index in [2.05, 4.69) is 21.2 Å². The summed E-state index contributed by atoms with van der Waals surface area (Å²) in [7, 11) is 0. The van der Waals surface area contributed by atoms with Crippen LogP contribution in [-0.4, -0.2) is 36.0 Å². The molecule has 20 heavy (non-hydrogen) atoms. The van der Waals surface area contributed by atoms with Crippen LogP contribution in [-0.2, 0) is 0 Å². The van der Waals surface area contributed by atoms with Gasteiger partial charge >= 0.3 is 0 Å². The maximum absolute atomic E-state index is 12.8. The van der Waals surface area contributed by atoms with Crippen LogP contribution >= 0.6 is 27.5 Å². The van der Waals surface area contributed by atoms with Gasteiger partial charge in [-0.3, -0.25) is 4.79 Å². The molecule has 1 aromatic rings. The quantitative estimate of drug-likeness (QED) is 0.879. The van der Waals surface area contributed by atoms with Gasteiger partial charge in [0.25, 0.3) is 5.91 Å². The molecule has 1 N–H and O–H groups in total. The average molecular weight is 358 g/mol. The van der Waals surface area contributed by atoms with Crippen molar-refractivity contribution in [3.05, 3.63) is 33.3 Å². The normalized spacial score (nSPS) is 26.2. The molecule has 0 aromatic heterocycles. The molecule has 2 unspecified atom stereocenters. The minimum absolute atomic E-state index is 0.0625. The third-order valence-corrected chi connectivity index (χ3v) is 5.10. The van der Waals surface area contributed by atoms with Gasteiger partial charge in [0.05, 0.1) is 10.6 Å². The Bertz CT molecular complexity index is 517. The highest BCUT2D eigenvalue weighted by Gasteiger charge is 2.36. The zero-order valence-corrected chi connectivity index (χ0v) is 13.6. The minimum atomic E-state index is 0.0625. The topological polar surface area (TPSA) is 32.3 Å². The third-order valence-electron chi connectivity index (χ3n) is 4.28. The highest BCUT2D eigenvalue weighted by molar-refractivity contribution is 9.10. The highest BCUT2D eigenvalue weighted by atomic mass is 79.9. The molecular weight excluding hydrogens is 340 g/mol. The minimum Gasteiger partial charge on any atom is -0.334 e. The van der Waals surface area contributed by atoms with E-state index in [0.29, 0.717) is 22.7 Å². The summed E-state index contributed by atoms with van der Waals surface area (Å²) in [5.74, 6) is 0.0625. The molecule has 2 aliphatic heterocycles. The summed E-state index contributed by atoms with van der Waals surface area (Å²) in [5.41, 5.74) is 0.603. The number of carbonyl (C=O) groups is 1. The van der Waals surface area contributed by atoms with Crippen molar-refractivity contribution in [3.8, 4) is 0 Å². The van der Waals surface area contributed by atoms with Crippen LogP contribution in [0.3, 0.4) is 0 Å². The van der Waals surface area contributed by atoms with E-state index in [1.165, 1.54) is 12.8 Å². The van der Waals surface area contributed by atoms with Crippen molar-refractivity contribution in [1.29, 1.82) is 0 Å². The standard InChI is InChI=1S/C15H18BrClN2O/c16-10-5-6-12(17)11(9-10)15(20)19-8-2-4-14(19)13-3-1-7-18-13/h5-6,9,13-14,18H,1-4,7-8H2. The van der Waals surface area contributed by atoms with Gasteiger partial charge in [0.1, 0.15) is 0 Å². The lowest BCUT2D eigenvalue weighted by Crippen LogP contribution is -2.46. The summed E-state index contributed by atoms with van der Waals surface area (Å²) in [6.45, 7) is 1.91. The van der Waals surface area contributed by atoms with Crippen molar-refractivity contribution in [2.24, 2.45) is 0 Å². The van der Waals surface area contributed by atoms with Crippen molar-refractivity contribution in [1.82, 2.24) is 10.2 Å². The van der Waals surface area contributed by atoms with Gasteiger partial charge < -0.3 is 10.2 Å². The number of hydrogen-bond donors (Lipinski definition) is 1. The number of nitrogens with one attached hydrogen (secondary N) is 1. The Morgan fingerprint density at radius 2 is 2.20 bits per heavy atom. The zero-order chi connectivity index (χ0) is 14.1. The van der Waals surface area contributed by atoms with E-state index >= 15 is 0 Å². The average Bonchev–Trinajstić information content (AvgIpc) is 3.10. The molecular formula is C15H18BrClN2O. The molecule has 0 spiro atoms. The first-order valence-corrected chi connectivity index (χ1v) is 8.33. The maximum Gasteiger partial charge on any atom is 0.255 e. The number of likely N-dealkylation sites (tertiary alicyclic amines) is 1. The van der Waals surface area contributed by atoms with Crippen molar-refractivity contribution in [3.63, 3.8) is 0 Å². The molecule has 2 atom stereocenters. The lowest BCUT2D eigenvalue weighted by Gasteiger charge is -2.30. The summed E-state index contributed by atoms with van der Waals surface area (Å²) in [6, 6.07) is 6.23. The molecule has 1 aromatic carbocycles. The van der Waals surface area contributed by atoms with Crippen molar-refractivity contribution in [2.75, 3.05) is 13.1 Å². The number of halogens is 2. The number of carbonyl (C=O) groups excluding carboxylic acids is 1. The number of amides is 1. The van der Waals surface area contributed by atoms with E-state index in [0.717, 1.165) is 30.4 Å². The molecule has 1 amide bonds. The summed E-state index contributed by atoms with van der Waals surface area (Å²) >= 11 is 9.61. The van der Waals surface area contributed by atoms with Crippen LogP contribution in [0.4, 0.5) is 0 Å². The fourth-order valence-electron chi connectivity index (χ4n) is 3.32. The van der Waals surface area contributed by atoms with Gasteiger partial charge in [-0.2, -0.15) is 0 Å². The van der Waals surface area contributed by atoms with Gasteiger partial charge in [0.15, 0.2) is 0 Å².